The van der Waals surface area contributed by atoms with Crippen molar-refractivity contribution >= 4 is 6.03 Å². The number of amides is 2. The summed E-state index contributed by atoms with van der Waals surface area (Å²) in [6.07, 6.45) is 0.808. The van der Waals surface area contributed by atoms with Crippen LogP contribution in [-0.2, 0) is 4.74 Å². The van der Waals surface area contributed by atoms with Crippen LogP contribution in [0.1, 0.15) is 31.7 Å². The van der Waals surface area contributed by atoms with E-state index in [1.54, 1.807) is 7.11 Å². The molecule has 0 unspecified atom stereocenters. The highest BCUT2D eigenvalue weighted by Gasteiger charge is 2.02. The minimum Gasteiger partial charge on any atom is -0.492 e. The average molecular weight is 294 g/mol. The summed E-state index contributed by atoms with van der Waals surface area (Å²) in [5.74, 6) is 1.31. The molecule has 0 bridgehead atoms. The lowest BCUT2D eigenvalue weighted by Crippen LogP contribution is -2.38. The first-order valence-corrected chi connectivity index (χ1v) is 7.37. The SMILES string of the molecule is COCCCNC(=O)NCCOc1cccc(C(C)C)c1. The number of hydrogen-bond acceptors (Lipinski definition) is 3. The minimum absolute atomic E-state index is 0.175. The summed E-state index contributed by atoms with van der Waals surface area (Å²) in [6, 6.07) is 7.86. The van der Waals surface area contributed by atoms with Gasteiger partial charge in [-0.05, 0) is 30.0 Å². The van der Waals surface area contributed by atoms with Gasteiger partial charge in [0.1, 0.15) is 12.4 Å². The fraction of sp³-hybridized carbons (Fsp3) is 0.562. The lowest BCUT2D eigenvalue weighted by Gasteiger charge is -2.11. The van der Waals surface area contributed by atoms with Crippen molar-refractivity contribution in [3.8, 4) is 5.75 Å². The van der Waals surface area contributed by atoms with Gasteiger partial charge in [0.15, 0.2) is 0 Å². The van der Waals surface area contributed by atoms with Gasteiger partial charge in [-0.25, -0.2) is 4.79 Å². The zero-order valence-corrected chi connectivity index (χ0v) is 13.1. The number of nitrogens with one attached hydrogen (secondary N) is 2. The number of rotatable bonds is 9. The van der Waals surface area contributed by atoms with Crippen molar-refractivity contribution in [2.75, 3.05) is 33.4 Å². The Morgan fingerprint density at radius 2 is 1.95 bits per heavy atom. The molecule has 1 aromatic carbocycles. The van der Waals surface area contributed by atoms with Crippen molar-refractivity contribution < 1.29 is 14.3 Å². The molecule has 21 heavy (non-hydrogen) atoms. The second kappa shape index (κ2) is 10.0. The van der Waals surface area contributed by atoms with E-state index >= 15 is 0 Å². The van der Waals surface area contributed by atoms with Crippen LogP contribution in [0.5, 0.6) is 5.75 Å². The highest BCUT2D eigenvalue weighted by atomic mass is 16.5. The van der Waals surface area contributed by atoms with E-state index in [4.69, 9.17) is 9.47 Å². The number of ether oxygens (including phenoxy) is 2. The molecule has 1 aromatic rings. The summed E-state index contributed by atoms with van der Waals surface area (Å²) >= 11 is 0. The van der Waals surface area contributed by atoms with E-state index in [-0.39, 0.29) is 6.03 Å². The molecule has 0 aliphatic rings. The van der Waals surface area contributed by atoms with Crippen LogP contribution in [0, 0.1) is 0 Å². The molecule has 0 radical (unpaired) electrons. The second-order valence-corrected chi connectivity index (χ2v) is 5.10. The van der Waals surface area contributed by atoms with Gasteiger partial charge in [0, 0.05) is 20.3 Å². The first-order valence-electron chi connectivity index (χ1n) is 7.37. The van der Waals surface area contributed by atoms with E-state index in [0.717, 1.165) is 12.2 Å². The number of methoxy groups -OCH3 is 1. The number of urea groups is 1. The van der Waals surface area contributed by atoms with E-state index in [9.17, 15) is 4.79 Å². The van der Waals surface area contributed by atoms with Crippen LogP contribution in [-0.4, -0.2) is 39.4 Å². The zero-order chi connectivity index (χ0) is 15.5. The minimum atomic E-state index is -0.175. The maximum Gasteiger partial charge on any atom is 0.314 e. The summed E-state index contributed by atoms with van der Waals surface area (Å²) in [5, 5.41) is 5.51. The van der Waals surface area contributed by atoms with Gasteiger partial charge in [-0.2, -0.15) is 0 Å². The molecule has 5 nitrogen and oxygen atoms in total. The van der Waals surface area contributed by atoms with Crippen molar-refractivity contribution in [3.63, 3.8) is 0 Å². The predicted octanol–water partition coefficient (Wildman–Crippen LogP) is 2.52. The first kappa shape index (κ1) is 17.3. The molecule has 0 fully saturated rings. The second-order valence-electron chi connectivity index (χ2n) is 5.10. The van der Waals surface area contributed by atoms with Crippen LogP contribution in [0.2, 0.25) is 0 Å². The van der Waals surface area contributed by atoms with Gasteiger partial charge in [-0.1, -0.05) is 26.0 Å². The predicted molar refractivity (Wildman–Crippen MR) is 83.9 cm³/mol. The molecule has 118 valence electrons. The molecule has 0 aliphatic carbocycles. The molecule has 5 heteroatoms. The Hall–Kier alpha value is -1.75. The number of hydrogen-bond donors (Lipinski definition) is 2. The monoisotopic (exact) mass is 294 g/mol. The molecule has 2 N–H and O–H groups in total. The summed E-state index contributed by atoms with van der Waals surface area (Å²) in [5.41, 5.74) is 1.25. The molecule has 0 atom stereocenters. The lowest BCUT2D eigenvalue weighted by molar-refractivity contribution is 0.193. The fourth-order valence-corrected chi connectivity index (χ4v) is 1.78. The number of benzene rings is 1. The Labute approximate surface area is 127 Å². The molecular formula is C16H26N2O3. The van der Waals surface area contributed by atoms with Crippen molar-refractivity contribution in [3.05, 3.63) is 29.8 Å². The van der Waals surface area contributed by atoms with Gasteiger partial charge in [0.05, 0.1) is 6.54 Å². The molecular weight excluding hydrogens is 268 g/mol. The number of carbonyl (C=O) groups is 1. The Bertz CT molecular complexity index is 422. The Kier molecular flexibility index (Phi) is 8.28. The van der Waals surface area contributed by atoms with Crippen molar-refractivity contribution in [1.29, 1.82) is 0 Å². The number of carbonyl (C=O) groups excluding carboxylic acids is 1. The van der Waals surface area contributed by atoms with Crippen molar-refractivity contribution in [2.24, 2.45) is 0 Å². The van der Waals surface area contributed by atoms with Gasteiger partial charge < -0.3 is 20.1 Å². The first-order chi connectivity index (χ1) is 10.1. The van der Waals surface area contributed by atoms with Gasteiger partial charge in [-0.3, -0.25) is 0 Å². The van der Waals surface area contributed by atoms with E-state index < -0.39 is 0 Å². The third-order valence-corrected chi connectivity index (χ3v) is 2.99. The fourth-order valence-electron chi connectivity index (χ4n) is 1.78. The Morgan fingerprint density at radius 3 is 2.67 bits per heavy atom. The lowest BCUT2D eigenvalue weighted by atomic mass is 10.0. The average Bonchev–Trinajstić information content (AvgIpc) is 2.48. The van der Waals surface area contributed by atoms with E-state index in [1.165, 1.54) is 5.56 Å². The molecule has 0 saturated heterocycles. The van der Waals surface area contributed by atoms with E-state index in [1.807, 2.05) is 18.2 Å². The third kappa shape index (κ3) is 7.56. The molecule has 0 heterocycles. The Morgan fingerprint density at radius 1 is 1.19 bits per heavy atom. The van der Waals surface area contributed by atoms with Crippen LogP contribution >= 0.6 is 0 Å². The quantitative estimate of drug-likeness (QED) is 0.688. The topological polar surface area (TPSA) is 59.6 Å². The van der Waals surface area contributed by atoms with Crippen LogP contribution in [0.25, 0.3) is 0 Å². The molecule has 1 rings (SSSR count). The van der Waals surface area contributed by atoms with Crippen molar-refractivity contribution in [2.45, 2.75) is 26.2 Å². The molecule has 0 saturated carbocycles. The van der Waals surface area contributed by atoms with Gasteiger partial charge in [0.25, 0.3) is 0 Å². The van der Waals surface area contributed by atoms with Gasteiger partial charge >= 0.3 is 6.03 Å². The summed E-state index contributed by atoms with van der Waals surface area (Å²) in [4.78, 5) is 11.4. The highest BCUT2D eigenvalue weighted by Crippen LogP contribution is 2.19. The van der Waals surface area contributed by atoms with Crippen LogP contribution in [0.3, 0.4) is 0 Å². The molecule has 0 aromatic heterocycles. The van der Waals surface area contributed by atoms with Gasteiger partial charge in [-0.15, -0.1) is 0 Å². The van der Waals surface area contributed by atoms with E-state index in [2.05, 4.69) is 30.5 Å². The standard InChI is InChI=1S/C16H26N2O3/c1-13(2)14-6-4-7-15(12-14)21-11-9-18-16(19)17-8-5-10-20-3/h4,6-7,12-13H,5,8-11H2,1-3H3,(H2,17,18,19). The van der Waals surface area contributed by atoms with Crippen molar-refractivity contribution in [1.82, 2.24) is 10.6 Å². The Balaban J connectivity index is 2.16. The maximum atomic E-state index is 11.4. The van der Waals surface area contributed by atoms with Gasteiger partial charge in [0.2, 0.25) is 0 Å². The maximum absolute atomic E-state index is 11.4. The smallest absolute Gasteiger partial charge is 0.314 e. The van der Waals surface area contributed by atoms with E-state index in [0.29, 0.717) is 32.2 Å². The zero-order valence-electron chi connectivity index (χ0n) is 13.1. The molecule has 0 spiro atoms. The molecule has 2 amide bonds. The highest BCUT2D eigenvalue weighted by molar-refractivity contribution is 5.73. The van der Waals surface area contributed by atoms with Crippen LogP contribution in [0.15, 0.2) is 24.3 Å². The summed E-state index contributed by atoms with van der Waals surface area (Å²) in [7, 11) is 1.64. The van der Waals surface area contributed by atoms with Crippen LogP contribution < -0.4 is 15.4 Å². The molecule has 0 aliphatic heterocycles. The summed E-state index contributed by atoms with van der Waals surface area (Å²) in [6.45, 7) is 6.48. The summed E-state index contributed by atoms with van der Waals surface area (Å²) < 4.78 is 10.5. The normalized spacial score (nSPS) is 10.5. The van der Waals surface area contributed by atoms with Crippen LogP contribution in [0.4, 0.5) is 4.79 Å². The largest absolute Gasteiger partial charge is 0.492 e. The third-order valence-electron chi connectivity index (χ3n) is 2.99.